The van der Waals surface area contributed by atoms with Crippen LogP contribution < -0.4 is 4.74 Å². The highest BCUT2D eigenvalue weighted by molar-refractivity contribution is 6.00. The van der Waals surface area contributed by atoms with E-state index >= 15 is 0 Å². The Balaban J connectivity index is 1.41. The first-order valence-electron chi connectivity index (χ1n) is 10.9. The minimum absolute atomic E-state index is 0.0294. The maximum atomic E-state index is 14.8. The summed E-state index contributed by atoms with van der Waals surface area (Å²) in [5, 5.41) is 0. The Morgan fingerprint density at radius 2 is 1.77 bits per heavy atom. The van der Waals surface area contributed by atoms with E-state index in [9.17, 15) is 26.7 Å². The van der Waals surface area contributed by atoms with Gasteiger partial charge in [0, 0.05) is 18.3 Å². The average molecular weight is 490 g/mol. The number of carbonyl (C=O) groups excluding carboxylic acids is 1. The maximum absolute atomic E-state index is 14.8. The Morgan fingerprint density at radius 3 is 2.40 bits per heavy atom. The molecule has 0 radical (unpaired) electrons. The van der Waals surface area contributed by atoms with Crippen molar-refractivity contribution >= 4 is 5.91 Å². The van der Waals surface area contributed by atoms with Crippen LogP contribution in [0.1, 0.15) is 35.7 Å². The molecule has 1 aliphatic heterocycles. The van der Waals surface area contributed by atoms with E-state index in [1.54, 1.807) is 4.90 Å². The number of aromatic nitrogens is 3. The summed E-state index contributed by atoms with van der Waals surface area (Å²) in [6, 6.07) is 5.52. The number of pyridine rings is 1. The van der Waals surface area contributed by atoms with E-state index in [2.05, 4.69) is 15.0 Å². The van der Waals surface area contributed by atoms with E-state index in [4.69, 9.17) is 4.74 Å². The molecule has 1 aromatic carbocycles. The number of likely N-dealkylation sites (tertiary alicyclic amines) is 1. The van der Waals surface area contributed by atoms with Crippen LogP contribution in [0.4, 0.5) is 22.0 Å². The molecule has 182 valence electrons. The van der Waals surface area contributed by atoms with Crippen molar-refractivity contribution in [3.8, 4) is 17.3 Å². The summed E-state index contributed by atoms with van der Waals surface area (Å²) >= 11 is 0. The van der Waals surface area contributed by atoms with Gasteiger partial charge in [0.2, 0.25) is 5.88 Å². The van der Waals surface area contributed by atoms with Crippen molar-refractivity contribution < 1.29 is 31.5 Å². The summed E-state index contributed by atoms with van der Waals surface area (Å²) in [5.41, 5.74) is -0.985. The fourth-order valence-corrected chi connectivity index (χ4v) is 4.97. The van der Waals surface area contributed by atoms with Gasteiger partial charge in [-0.15, -0.1) is 0 Å². The van der Waals surface area contributed by atoms with Crippen molar-refractivity contribution in [2.75, 3.05) is 0 Å². The van der Waals surface area contributed by atoms with Crippen LogP contribution >= 0.6 is 0 Å². The lowest BCUT2D eigenvalue weighted by Crippen LogP contribution is -2.51. The number of nitrogens with zero attached hydrogens (tertiary/aromatic N) is 4. The van der Waals surface area contributed by atoms with Crippen molar-refractivity contribution in [1.82, 2.24) is 19.9 Å². The first kappa shape index (κ1) is 23.1. The Kier molecular flexibility index (Phi) is 5.65. The smallest absolute Gasteiger partial charge is 0.417 e. The van der Waals surface area contributed by atoms with Crippen molar-refractivity contribution in [3.63, 3.8) is 0 Å². The summed E-state index contributed by atoms with van der Waals surface area (Å²) in [5.74, 6) is -1.86. The lowest BCUT2D eigenvalue weighted by atomic mass is 9.97. The molecule has 3 aromatic rings. The molecule has 1 saturated heterocycles. The number of halogens is 5. The molecule has 1 saturated carbocycles. The zero-order chi connectivity index (χ0) is 24.9. The Hall–Kier alpha value is -3.63. The second-order valence-corrected chi connectivity index (χ2v) is 8.68. The van der Waals surface area contributed by atoms with Crippen LogP contribution in [0.2, 0.25) is 0 Å². The molecule has 4 atom stereocenters. The number of carbonyl (C=O) groups is 1. The normalized spacial score (nSPS) is 23.5. The van der Waals surface area contributed by atoms with Crippen molar-refractivity contribution in [1.29, 1.82) is 0 Å². The van der Waals surface area contributed by atoms with Crippen LogP contribution in [0, 0.1) is 17.6 Å². The van der Waals surface area contributed by atoms with Crippen LogP contribution in [-0.2, 0) is 6.18 Å². The van der Waals surface area contributed by atoms with Crippen molar-refractivity contribution in [2.45, 2.75) is 44.1 Å². The molecule has 1 aliphatic carbocycles. The van der Waals surface area contributed by atoms with Gasteiger partial charge in [0.05, 0.1) is 35.1 Å². The van der Waals surface area contributed by atoms with Crippen molar-refractivity contribution in [2.24, 2.45) is 5.92 Å². The SMILES string of the molecule is C[C@@H]1[C@H]2C[C@@H](Oc3ccc(C(F)(F)F)cn3)[C@H](C2)N1C(=O)c1cccc(F)c1-c1ncc(F)cn1. The zero-order valence-corrected chi connectivity index (χ0v) is 18.3. The third kappa shape index (κ3) is 4.19. The Morgan fingerprint density at radius 1 is 1.03 bits per heavy atom. The number of rotatable bonds is 4. The number of benzene rings is 1. The first-order valence-corrected chi connectivity index (χ1v) is 10.9. The van der Waals surface area contributed by atoms with Gasteiger partial charge in [-0.05, 0) is 43.9 Å². The second-order valence-electron chi connectivity index (χ2n) is 8.68. The van der Waals surface area contributed by atoms with Crippen LogP contribution in [0.15, 0.2) is 48.9 Å². The number of amides is 1. The van der Waals surface area contributed by atoms with Gasteiger partial charge in [-0.25, -0.2) is 23.7 Å². The molecular formula is C24H19F5N4O2. The summed E-state index contributed by atoms with van der Waals surface area (Å²) in [4.78, 5) is 26.7. The molecule has 0 unspecified atom stereocenters. The number of alkyl halides is 3. The number of hydrogen-bond donors (Lipinski definition) is 0. The minimum Gasteiger partial charge on any atom is -0.472 e. The molecule has 1 amide bonds. The van der Waals surface area contributed by atoms with E-state index in [0.717, 1.165) is 24.5 Å². The molecule has 11 heteroatoms. The molecule has 2 aliphatic rings. The summed E-state index contributed by atoms with van der Waals surface area (Å²) in [7, 11) is 0. The largest absolute Gasteiger partial charge is 0.472 e. The third-order valence-electron chi connectivity index (χ3n) is 6.65. The van der Waals surface area contributed by atoms with E-state index < -0.39 is 35.4 Å². The van der Waals surface area contributed by atoms with Gasteiger partial charge in [0.1, 0.15) is 11.9 Å². The molecule has 2 fully saturated rings. The van der Waals surface area contributed by atoms with E-state index in [1.807, 2.05) is 6.92 Å². The minimum atomic E-state index is -4.51. The maximum Gasteiger partial charge on any atom is 0.417 e. The zero-order valence-electron chi connectivity index (χ0n) is 18.3. The number of fused-ring (bicyclic) bond motifs is 2. The fourth-order valence-electron chi connectivity index (χ4n) is 4.97. The van der Waals surface area contributed by atoms with Crippen LogP contribution in [0.3, 0.4) is 0 Å². The van der Waals surface area contributed by atoms with Gasteiger partial charge < -0.3 is 9.64 Å². The predicted octanol–water partition coefficient (Wildman–Crippen LogP) is 4.91. The van der Waals surface area contributed by atoms with Gasteiger partial charge in [-0.2, -0.15) is 13.2 Å². The van der Waals surface area contributed by atoms with Crippen LogP contribution in [0.25, 0.3) is 11.4 Å². The lowest BCUT2D eigenvalue weighted by Gasteiger charge is -2.38. The number of hydrogen-bond acceptors (Lipinski definition) is 5. The van der Waals surface area contributed by atoms with Gasteiger partial charge in [0.25, 0.3) is 5.91 Å². The molecule has 0 N–H and O–H groups in total. The van der Waals surface area contributed by atoms with Gasteiger partial charge in [-0.3, -0.25) is 4.79 Å². The second kappa shape index (κ2) is 8.54. The standard InChI is InChI=1S/C24H19F5N4O2/c1-12-13-7-18(19(8-13)35-20-6-5-14(9-30-20)24(27,28)29)33(12)23(34)16-3-2-4-17(26)21(16)22-31-10-15(25)11-32-22/h2-6,9-13,18-19H,7-8H2,1H3/t12-,13-,18+,19-/m1/s1. The van der Waals surface area contributed by atoms with E-state index in [0.29, 0.717) is 19.0 Å². The number of ether oxygens (including phenoxy) is 1. The molecule has 5 rings (SSSR count). The summed E-state index contributed by atoms with van der Waals surface area (Å²) < 4.78 is 72.4. The molecule has 6 nitrogen and oxygen atoms in total. The Bertz CT molecular complexity index is 1250. The molecule has 3 heterocycles. The van der Waals surface area contributed by atoms with Gasteiger partial charge in [-0.1, -0.05) is 6.07 Å². The Labute approximate surface area is 196 Å². The fraction of sp³-hybridized carbons (Fsp3) is 0.333. The predicted molar refractivity (Wildman–Crippen MR) is 113 cm³/mol. The first-order chi connectivity index (χ1) is 16.6. The highest BCUT2D eigenvalue weighted by Crippen LogP contribution is 2.45. The van der Waals surface area contributed by atoms with Gasteiger partial charge in [0.15, 0.2) is 11.6 Å². The van der Waals surface area contributed by atoms with Crippen LogP contribution in [0.5, 0.6) is 5.88 Å². The van der Waals surface area contributed by atoms with Gasteiger partial charge >= 0.3 is 6.18 Å². The highest BCUT2D eigenvalue weighted by Gasteiger charge is 2.53. The molecule has 2 aromatic heterocycles. The van der Waals surface area contributed by atoms with E-state index in [-0.39, 0.29) is 40.8 Å². The average Bonchev–Trinajstić information content (AvgIpc) is 3.36. The van der Waals surface area contributed by atoms with E-state index in [1.165, 1.54) is 18.2 Å². The topological polar surface area (TPSA) is 68.2 Å². The monoisotopic (exact) mass is 490 g/mol. The summed E-state index contributed by atoms with van der Waals surface area (Å²) in [6.45, 7) is 1.89. The molecule has 2 bridgehead atoms. The highest BCUT2D eigenvalue weighted by atomic mass is 19.4. The third-order valence-corrected chi connectivity index (χ3v) is 6.65. The quantitative estimate of drug-likeness (QED) is 0.487. The lowest BCUT2D eigenvalue weighted by molar-refractivity contribution is -0.137. The molecule has 35 heavy (non-hydrogen) atoms. The van der Waals surface area contributed by atoms with Crippen LogP contribution in [-0.4, -0.2) is 43.9 Å². The number of piperidine rings is 1. The van der Waals surface area contributed by atoms with Crippen molar-refractivity contribution in [3.05, 3.63) is 71.7 Å². The molecule has 0 spiro atoms. The molecular weight excluding hydrogens is 471 g/mol. The summed E-state index contributed by atoms with van der Waals surface area (Å²) in [6.07, 6.45) is -1.26.